The lowest BCUT2D eigenvalue weighted by atomic mass is 10.1. The number of phosphoric ester groups is 1. The average molecular weight is 758 g/mol. The summed E-state index contributed by atoms with van der Waals surface area (Å²) in [7, 11) is -4.72. The van der Waals surface area contributed by atoms with E-state index in [9.17, 15) is 23.8 Å². The van der Waals surface area contributed by atoms with Gasteiger partial charge in [0.2, 0.25) is 0 Å². The van der Waals surface area contributed by atoms with Crippen LogP contribution in [0.5, 0.6) is 0 Å². The molecule has 52 heavy (non-hydrogen) atoms. The SMILES string of the molecule is CCCCCC=CCC=CCCCCCCCC(=O)O[C@H](COC(=O)CCCCCCCC=CCCCCCC)COP(=O)(O)OC[C@H](N)C(=O)O. The maximum Gasteiger partial charge on any atom is 0.472 e. The Bertz CT molecular complexity index is 1030. The van der Waals surface area contributed by atoms with E-state index in [1.54, 1.807) is 0 Å². The Kier molecular flexibility index (Phi) is 34.1. The monoisotopic (exact) mass is 757 g/mol. The molecule has 0 amide bonds. The molecule has 0 aliphatic carbocycles. The van der Waals surface area contributed by atoms with E-state index < -0.39 is 51.1 Å². The van der Waals surface area contributed by atoms with Gasteiger partial charge in [-0.25, -0.2) is 4.57 Å². The summed E-state index contributed by atoms with van der Waals surface area (Å²) < 4.78 is 32.6. The molecule has 11 nitrogen and oxygen atoms in total. The zero-order valence-corrected chi connectivity index (χ0v) is 33.3. The van der Waals surface area contributed by atoms with E-state index >= 15 is 0 Å². The van der Waals surface area contributed by atoms with E-state index in [0.717, 1.165) is 83.5 Å². The Balaban J connectivity index is 4.46. The van der Waals surface area contributed by atoms with E-state index in [1.165, 1.54) is 44.9 Å². The Morgan fingerprint density at radius 1 is 0.596 bits per heavy atom. The summed E-state index contributed by atoms with van der Waals surface area (Å²) in [6, 6.07) is -1.52. The lowest BCUT2D eigenvalue weighted by Gasteiger charge is -2.20. The minimum absolute atomic E-state index is 0.143. The molecule has 0 saturated carbocycles. The highest BCUT2D eigenvalue weighted by atomic mass is 31.2. The third kappa shape index (κ3) is 34.8. The smallest absolute Gasteiger partial charge is 0.472 e. The van der Waals surface area contributed by atoms with Crippen LogP contribution in [0.3, 0.4) is 0 Å². The minimum Gasteiger partial charge on any atom is -0.480 e. The molecular formula is C40H72NO10P. The van der Waals surface area contributed by atoms with Crippen LogP contribution >= 0.6 is 7.82 Å². The van der Waals surface area contributed by atoms with Crippen LogP contribution in [-0.2, 0) is 37.5 Å². The highest BCUT2D eigenvalue weighted by molar-refractivity contribution is 7.47. The first-order valence-electron chi connectivity index (χ1n) is 20.0. The first-order chi connectivity index (χ1) is 25.1. The second-order valence-corrected chi connectivity index (χ2v) is 14.9. The summed E-state index contributed by atoms with van der Waals surface area (Å²) in [4.78, 5) is 45.8. The molecule has 0 aliphatic heterocycles. The molecule has 0 saturated heterocycles. The van der Waals surface area contributed by atoms with Gasteiger partial charge in [0, 0.05) is 12.8 Å². The molecule has 0 rings (SSSR count). The number of carbonyl (C=O) groups is 3. The van der Waals surface area contributed by atoms with Crippen molar-refractivity contribution in [1.29, 1.82) is 0 Å². The molecule has 0 radical (unpaired) electrons. The third-order valence-electron chi connectivity index (χ3n) is 8.36. The lowest BCUT2D eigenvalue weighted by molar-refractivity contribution is -0.161. The fourth-order valence-electron chi connectivity index (χ4n) is 5.15. The van der Waals surface area contributed by atoms with Crippen molar-refractivity contribution in [2.75, 3.05) is 19.8 Å². The molecule has 3 atom stereocenters. The van der Waals surface area contributed by atoms with Crippen molar-refractivity contribution < 1.29 is 47.5 Å². The van der Waals surface area contributed by atoms with Gasteiger partial charge in [-0.15, -0.1) is 0 Å². The van der Waals surface area contributed by atoms with Crippen LogP contribution in [-0.4, -0.2) is 59.9 Å². The van der Waals surface area contributed by atoms with Crippen LogP contribution < -0.4 is 5.73 Å². The van der Waals surface area contributed by atoms with Crippen LogP contribution in [0.1, 0.15) is 168 Å². The van der Waals surface area contributed by atoms with Crippen LogP contribution in [0.2, 0.25) is 0 Å². The van der Waals surface area contributed by atoms with Gasteiger partial charge in [-0.2, -0.15) is 0 Å². The Labute approximate surface area is 314 Å². The van der Waals surface area contributed by atoms with Crippen molar-refractivity contribution in [3.8, 4) is 0 Å². The zero-order chi connectivity index (χ0) is 38.5. The van der Waals surface area contributed by atoms with Crippen LogP contribution in [0, 0.1) is 0 Å². The van der Waals surface area contributed by atoms with Crippen molar-refractivity contribution in [3.05, 3.63) is 36.5 Å². The first-order valence-corrected chi connectivity index (χ1v) is 21.5. The van der Waals surface area contributed by atoms with Gasteiger partial charge in [-0.3, -0.25) is 23.4 Å². The van der Waals surface area contributed by atoms with Crippen molar-refractivity contribution in [2.24, 2.45) is 5.73 Å². The lowest BCUT2D eigenvalue weighted by Crippen LogP contribution is -2.34. The predicted octanol–water partition coefficient (Wildman–Crippen LogP) is 10.1. The van der Waals surface area contributed by atoms with Gasteiger partial charge in [0.05, 0.1) is 13.2 Å². The molecule has 0 bridgehead atoms. The molecule has 0 heterocycles. The predicted molar refractivity (Wildman–Crippen MR) is 208 cm³/mol. The molecule has 0 fully saturated rings. The normalized spacial score (nSPS) is 14.2. The van der Waals surface area contributed by atoms with Gasteiger partial charge >= 0.3 is 25.7 Å². The molecule has 12 heteroatoms. The van der Waals surface area contributed by atoms with Crippen molar-refractivity contribution in [2.45, 2.75) is 180 Å². The summed E-state index contributed by atoms with van der Waals surface area (Å²) in [5.74, 6) is -2.41. The Morgan fingerprint density at radius 2 is 1.02 bits per heavy atom. The van der Waals surface area contributed by atoms with E-state index in [4.69, 9.17) is 24.8 Å². The number of ether oxygens (including phenoxy) is 2. The van der Waals surface area contributed by atoms with Gasteiger partial charge in [-0.05, 0) is 70.6 Å². The molecule has 0 aromatic rings. The van der Waals surface area contributed by atoms with Crippen molar-refractivity contribution in [3.63, 3.8) is 0 Å². The van der Waals surface area contributed by atoms with Gasteiger partial charge in [0.25, 0.3) is 0 Å². The second kappa shape index (κ2) is 35.7. The topological polar surface area (TPSA) is 172 Å². The largest absolute Gasteiger partial charge is 0.480 e. The van der Waals surface area contributed by atoms with Gasteiger partial charge in [0.1, 0.15) is 12.6 Å². The van der Waals surface area contributed by atoms with Gasteiger partial charge in [0.15, 0.2) is 6.10 Å². The van der Waals surface area contributed by atoms with Gasteiger partial charge < -0.3 is 25.2 Å². The number of rotatable bonds is 37. The number of phosphoric acid groups is 1. The van der Waals surface area contributed by atoms with Crippen molar-refractivity contribution >= 4 is 25.7 Å². The molecule has 0 spiro atoms. The molecule has 0 aromatic heterocycles. The number of nitrogens with two attached hydrogens (primary N) is 1. The Hall–Kier alpha value is -2.30. The highest BCUT2D eigenvalue weighted by Gasteiger charge is 2.28. The number of carbonyl (C=O) groups excluding carboxylic acids is 2. The number of esters is 2. The standard InChI is InChI=1S/C40H72NO10P/c1-3-5-7-9-11-13-15-17-18-20-22-24-26-28-30-32-39(43)51-36(34-49-52(46,47)50-35-37(41)40(44)45)33-48-38(42)31-29-27-25-23-21-19-16-14-12-10-8-6-4-2/h11,13-14,16-18,36-37H,3-10,12,15,19-35,41H2,1-2H3,(H,44,45)(H,46,47)/t36-,37+/m1/s1. The summed E-state index contributed by atoms with van der Waals surface area (Å²) in [5.41, 5.74) is 5.32. The Morgan fingerprint density at radius 3 is 1.56 bits per heavy atom. The number of hydrogen-bond donors (Lipinski definition) is 3. The van der Waals surface area contributed by atoms with Crippen LogP contribution in [0.25, 0.3) is 0 Å². The summed E-state index contributed by atoms with van der Waals surface area (Å²) in [6.07, 6.45) is 36.4. The fraction of sp³-hybridized carbons (Fsp3) is 0.775. The summed E-state index contributed by atoms with van der Waals surface area (Å²) in [5, 5.41) is 8.86. The van der Waals surface area contributed by atoms with E-state index in [1.807, 2.05) is 0 Å². The molecule has 302 valence electrons. The molecule has 0 aromatic carbocycles. The number of allylic oxidation sites excluding steroid dienone is 6. The molecule has 0 aliphatic rings. The quantitative estimate of drug-likeness (QED) is 0.0238. The van der Waals surface area contributed by atoms with E-state index in [-0.39, 0.29) is 19.4 Å². The highest BCUT2D eigenvalue weighted by Crippen LogP contribution is 2.43. The molecular weight excluding hydrogens is 685 g/mol. The first kappa shape index (κ1) is 49.7. The summed E-state index contributed by atoms with van der Waals surface area (Å²) >= 11 is 0. The summed E-state index contributed by atoms with van der Waals surface area (Å²) in [6.45, 7) is 2.72. The maximum atomic E-state index is 12.6. The van der Waals surface area contributed by atoms with Crippen LogP contribution in [0.4, 0.5) is 0 Å². The fourth-order valence-corrected chi connectivity index (χ4v) is 5.92. The van der Waals surface area contributed by atoms with Crippen molar-refractivity contribution in [1.82, 2.24) is 0 Å². The minimum atomic E-state index is -4.72. The number of unbranched alkanes of at least 4 members (excludes halogenated alkanes) is 17. The van der Waals surface area contributed by atoms with E-state index in [0.29, 0.717) is 12.8 Å². The zero-order valence-electron chi connectivity index (χ0n) is 32.4. The van der Waals surface area contributed by atoms with E-state index in [2.05, 4.69) is 54.8 Å². The van der Waals surface area contributed by atoms with Gasteiger partial charge in [-0.1, -0.05) is 121 Å². The number of hydrogen-bond acceptors (Lipinski definition) is 9. The third-order valence-corrected chi connectivity index (χ3v) is 9.31. The second-order valence-electron chi connectivity index (χ2n) is 13.4. The average Bonchev–Trinajstić information content (AvgIpc) is 3.12. The molecule has 4 N–H and O–H groups in total. The molecule has 1 unspecified atom stereocenters. The maximum absolute atomic E-state index is 12.6. The van der Waals surface area contributed by atoms with Crippen LogP contribution in [0.15, 0.2) is 36.5 Å². The number of carboxylic acid groups (broad SMARTS) is 1. The number of carboxylic acids is 1. The number of aliphatic carboxylic acids is 1.